The van der Waals surface area contributed by atoms with Crippen molar-refractivity contribution < 1.29 is 4.74 Å². The van der Waals surface area contributed by atoms with Gasteiger partial charge in [-0.25, -0.2) is 9.97 Å². The van der Waals surface area contributed by atoms with Crippen LogP contribution in [0.15, 0.2) is 24.4 Å². The average molecular weight is 235 g/mol. The van der Waals surface area contributed by atoms with E-state index in [9.17, 15) is 0 Å². The summed E-state index contributed by atoms with van der Waals surface area (Å²) in [5.74, 6) is 0.621. The smallest absolute Gasteiger partial charge is 0.213 e. The number of rotatable bonds is 4. The molecule has 0 radical (unpaired) electrons. The highest BCUT2D eigenvalue weighted by atomic mass is 32.1. The minimum atomic E-state index is 0.621. The van der Waals surface area contributed by atoms with Crippen LogP contribution in [0.25, 0.3) is 10.6 Å². The van der Waals surface area contributed by atoms with Crippen LogP contribution in [0, 0.1) is 0 Å². The van der Waals surface area contributed by atoms with Crippen LogP contribution in [0.4, 0.5) is 5.13 Å². The molecule has 0 aliphatic carbocycles. The summed E-state index contributed by atoms with van der Waals surface area (Å²) in [4.78, 5) is 9.66. The van der Waals surface area contributed by atoms with E-state index in [0.717, 1.165) is 22.2 Å². The second-order valence-electron chi connectivity index (χ2n) is 3.13. The lowest BCUT2D eigenvalue weighted by Crippen LogP contribution is -1.94. The lowest BCUT2D eigenvalue weighted by molar-refractivity contribution is 0.398. The number of aromatic nitrogens is 2. The van der Waals surface area contributed by atoms with Gasteiger partial charge in [0.1, 0.15) is 0 Å². The van der Waals surface area contributed by atoms with Crippen LogP contribution in [-0.4, -0.2) is 23.6 Å². The van der Waals surface area contributed by atoms with E-state index in [-0.39, 0.29) is 0 Å². The van der Waals surface area contributed by atoms with Crippen LogP contribution in [0.1, 0.15) is 6.92 Å². The molecule has 0 aromatic carbocycles. The molecule has 84 valence electrons. The molecule has 4 nitrogen and oxygen atoms in total. The first-order valence-corrected chi connectivity index (χ1v) is 5.86. The first-order valence-electron chi connectivity index (χ1n) is 5.04. The van der Waals surface area contributed by atoms with Gasteiger partial charge in [-0.2, -0.15) is 0 Å². The third-order valence-corrected chi connectivity index (χ3v) is 3.00. The van der Waals surface area contributed by atoms with Crippen molar-refractivity contribution in [3.63, 3.8) is 0 Å². The van der Waals surface area contributed by atoms with E-state index in [0.29, 0.717) is 5.88 Å². The molecular weight excluding hydrogens is 222 g/mol. The normalized spacial score (nSPS) is 10.1. The van der Waals surface area contributed by atoms with Gasteiger partial charge < -0.3 is 10.1 Å². The number of nitrogens with zero attached hydrogens (tertiary/aromatic N) is 2. The van der Waals surface area contributed by atoms with Gasteiger partial charge in [-0.15, -0.1) is 0 Å². The summed E-state index contributed by atoms with van der Waals surface area (Å²) < 4.78 is 5.09. The molecule has 0 aliphatic heterocycles. The lowest BCUT2D eigenvalue weighted by atomic mass is 10.3. The van der Waals surface area contributed by atoms with Gasteiger partial charge in [-0.3, -0.25) is 0 Å². The number of hydrogen-bond donors (Lipinski definition) is 1. The van der Waals surface area contributed by atoms with Gasteiger partial charge in [0, 0.05) is 18.8 Å². The minimum absolute atomic E-state index is 0.621. The Kier molecular flexibility index (Phi) is 3.36. The molecule has 0 atom stereocenters. The number of pyridine rings is 1. The van der Waals surface area contributed by atoms with E-state index in [2.05, 4.69) is 15.3 Å². The summed E-state index contributed by atoms with van der Waals surface area (Å²) in [6, 6.07) is 5.70. The van der Waals surface area contributed by atoms with Crippen molar-refractivity contribution in [3.05, 3.63) is 24.4 Å². The van der Waals surface area contributed by atoms with Gasteiger partial charge in [-0.1, -0.05) is 17.4 Å². The van der Waals surface area contributed by atoms with Gasteiger partial charge >= 0.3 is 0 Å². The van der Waals surface area contributed by atoms with Gasteiger partial charge in [-0.05, 0) is 13.0 Å². The molecule has 0 spiro atoms. The first-order chi connectivity index (χ1) is 7.83. The van der Waals surface area contributed by atoms with Crippen molar-refractivity contribution >= 4 is 16.5 Å². The number of hydrogen-bond acceptors (Lipinski definition) is 5. The second kappa shape index (κ2) is 4.94. The van der Waals surface area contributed by atoms with Gasteiger partial charge in [0.15, 0.2) is 5.13 Å². The van der Waals surface area contributed by atoms with E-state index < -0.39 is 0 Å². The SMILES string of the molecule is CCNc1ncc(-c2cccc(OC)n2)s1. The fourth-order valence-electron chi connectivity index (χ4n) is 1.29. The van der Waals surface area contributed by atoms with E-state index in [1.807, 2.05) is 31.3 Å². The quantitative estimate of drug-likeness (QED) is 0.885. The molecule has 2 aromatic heterocycles. The number of anilines is 1. The summed E-state index contributed by atoms with van der Waals surface area (Å²) in [6.45, 7) is 2.92. The van der Waals surface area contributed by atoms with Crippen LogP contribution in [0.3, 0.4) is 0 Å². The van der Waals surface area contributed by atoms with Crippen molar-refractivity contribution in [3.8, 4) is 16.5 Å². The van der Waals surface area contributed by atoms with E-state index in [1.165, 1.54) is 0 Å². The van der Waals surface area contributed by atoms with Crippen molar-refractivity contribution in [1.29, 1.82) is 0 Å². The van der Waals surface area contributed by atoms with E-state index >= 15 is 0 Å². The highest BCUT2D eigenvalue weighted by molar-refractivity contribution is 7.18. The zero-order valence-electron chi connectivity index (χ0n) is 9.23. The summed E-state index contributed by atoms with van der Waals surface area (Å²) in [6.07, 6.45) is 1.82. The maximum Gasteiger partial charge on any atom is 0.213 e. The number of methoxy groups -OCH3 is 1. The molecule has 5 heteroatoms. The van der Waals surface area contributed by atoms with Crippen LogP contribution < -0.4 is 10.1 Å². The Bertz CT molecular complexity index is 470. The molecule has 0 fully saturated rings. The molecule has 2 aromatic rings. The summed E-state index contributed by atoms with van der Waals surface area (Å²) in [5, 5.41) is 4.09. The molecule has 2 rings (SSSR count). The molecule has 0 unspecified atom stereocenters. The number of thiazole rings is 1. The molecule has 0 saturated carbocycles. The van der Waals surface area contributed by atoms with Crippen LogP contribution in [0.5, 0.6) is 5.88 Å². The Morgan fingerprint density at radius 3 is 3.06 bits per heavy atom. The molecule has 2 heterocycles. The fourth-order valence-corrected chi connectivity index (χ4v) is 2.15. The minimum Gasteiger partial charge on any atom is -0.481 e. The van der Waals surface area contributed by atoms with Crippen molar-refractivity contribution in [2.24, 2.45) is 0 Å². The third kappa shape index (κ3) is 2.30. The Morgan fingerprint density at radius 2 is 2.31 bits per heavy atom. The van der Waals surface area contributed by atoms with Gasteiger partial charge in [0.25, 0.3) is 0 Å². The van der Waals surface area contributed by atoms with Gasteiger partial charge in [0.2, 0.25) is 5.88 Å². The average Bonchev–Trinajstić information content (AvgIpc) is 2.78. The monoisotopic (exact) mass is 235 g/mol. The fraction of sp³-hybridized carbons (Fsp3) is 0.273. The first kappa shape index (κ1) is 10.9. The maximum absolute atomic E-state index is 5.09. The molecule has 0 amide bonds. The van der Waals surface area contributed by atoms with Crippen molar-refractivity contribution in [1.82, 2.24) is 9.97 Å². The standard InChI is InChI=1S/C11H13N3OS/c1-3-12-11-13-7-9(16-11)8-5-4-6-10(14-8)15-2/h4-7H,3H2,1-2H3,(H,12,13). The van der Waals surface area contributed by atoms with E-state index in [1.54, 1.807) is 18.4 Å². The Morgan fingerprint density at radius 1 is 1.44 bits per heavy atom. The topological polar surface area (TPSA) is 47.0 Å². The molecule has 0 saturated heterocycles. The molecule has 0 bridgehead atoms. The summed E-state index contributed by atoms with van der Waals surface area (Å²) in [5.41, 5.74) is 0.890. The summed E-state index contributed by atoms with van der Waals surface area (Å²) >= 11 is 1.59. The highest BCUT2D eigenvalue weighted by Crippen LogP contribution is 2.28. The maximum atomic E-state index is 5.09. The third-order valence-electron chi connectivity index (χ3n) is 2.02. The number of nitrogens with one attached hydrogen (secondary N) is 1. The Balaban J connectivity index is 2.27. The predicted octanol–water partition coefficient (Wildman–Crippen LogP) is 2.65. The van der Waals surface area contributed by atoms with E-state index in [4.69, 9.17) is 4.74 Å². The lowest BCUT2D eigenvalue weighted by Gasteiger charge is -2.00. The Hall–Kier alpha value is -1.62. The number of ether oxygens (including phenoxy) is 1. The van der Waals surface area contributed by atoms with Crippen molar-refractivity contribution in [2.45, 2.75) is 6.92 Å². The Labute approximate surface area is 98.3 Å². The van der Waals surface area contributed by atoms with Crippen LogP contribution >= 0.6 is 11.3 Å². The van der Waals surface area contributed by atoms with Crippen LogP contribution in [0.2, 0.25) is 0 Å². The predicted molar refractivity (Wildman–Crippen MR) is 66.1 cm³/mol. The second-order valence-corrected chi connectivity index (χ2v) is 4.16. The molecule has 16 heavy (non-hydrogen) atoms. The molecule has 1 N–H and O–H groups in total. The molecule has 0 aliphatic rings. The largest absolute Gasteiger partial charge is 0.481 e. The zero-order chi connectivity index (χ0) is 11.4. The zero-order valence-corrected chi connectivity index (χ0v) is 10.0. The van der Waals surface area contributed by atoms with Gasteiger partial charge in [0.05, 0.1) is 17.7 Å². The summed E-state index contributed by atoms with van der Waals surface area (Å²) in [7, 11) is 1.61. The molecular formula is C11H13N3OS. The van der Waals surface area contributed by atoms with Crippen LogP contribution in [-0.2, 0) is 0 Å². The highest BCUT2D eigenvalue weighted by Gasteiger charge is 2.05. The van der Waals surface area contributed by atoms with Crippen molar-refractivity contribution in [2.75, 3.05) is 19.0 Å².